The fraction of sp³-hybridized carbons (Fsp3) is 0.800. The lowest BCUT2D eigenvalue weighted by Gasteiger charge is -2.28. The smallest absolute Gasteiger partial charge is 0.326 e. The Morgan fingerprint density at radius 1 is 0.800 bits per heavy atom. The van der Waals surface area contributed by atoms with Gasteiger partial charge in [-0.15, -0.1) is 0 Å². The molecule has 3 amide bonds. The van der Waals surface area contributed by atoms with Crippen LogP contribution in [0.3, 0.4) is 0 Å². The van der Waals surface area contributed by atoms with Gasteiger partial charge in [0.2, 0.25) is 17.7 Å². The van der Waals surface area contributed by atoms with Crippen LogP contribution in [0.25, 0.3) is 0 Å². The summed E-state index contributed by atoms with van der Waals surface area (Å²) < 4.78 is 0. The number of aliphatic hydroxyl groups is 1. The number of hydrogen-bond acceptors (Lipinski definition) is 6. The molecule has 174 valence electrons. The van der Waals surface area contributed by atoms with Gasteiger partial charge in [0, 0.05) is 0 Å². The standard InChI is InChI=1S/C20H38N4O6/c1-7-11(5)15(23-18(27)14(21)10(3)4)19(28)22-13(9-25)17(26)24-16(20(29)30)12(6)8-2/h10-16,25H,7-9,21H2,1-6H3,(H,22,28)(H,23,27)(H,24,26)(H,29,30). The number of hydrogen-bond donors (Lipinski definition) is 6. The van der Waals surface area contributed by atoms with Crippen molar-refractivity contribution in [3.63, 3.8) is 0 Å². The Kier molecular flexibility index (Phi) is 12.2. The number of aliphatic carboxylic acids is 1. The van der Waals surface area contributed by atoms with Crippen LogP contribution >= 0.6 is 0 Å². The molecule has 0 spiro atoms. The Bertz CT molecular complexity index is 598. The minimum absolute atomic E-state index is 0.130. The van der Waals surface area contributed by atoms with Crippen molar-refractivity contribution in [3.8, 4) is 0 Å². The van der Waals surface area contributed by atoms with Crippen LogP contribution in [0.1, 0.15) is 54.4 Å². The highest BCUT2D eigenvalue weighted by Gasteiger charge is 2.33. The molecule has 0 saturated heterocycles. The largest absolute Gasteiger partial charge is 0.480 e. The monoisotopic (exact) mass is 430 g/mol. The second kappa shape index (κ2) is 13.2. The molecule has 0 aliphatic heterocycles. The number of carboxylic acid groups (broad SMARTS) is 1. The Balaban J connectivity index is 5.35. The van der Waals surface area contributed by atoms with E-state index in [4.69, 9.17) is 5.73 Å². The number of aliphatic hydroxyl groups excluding tert-OH is 1. The van der Waals surface area contributed by atoms with Gasteiger partial charge in [0.15, 0.2) is 0 Å². The van der Waals surface area contributed by atoms with E-state index < -0.39 is 54.5 Å². The molecule has 10 heteroatoms. The molecule has 0 radical (unpaired) electrons. The van der Waals surface area contributed by atoms with Crippen molar-refractivity contribution in [2.45, 2.75) is 78.6 Å². The highest BCUT2D eigenvalue weighted by Crippen LogP contribution is 2.11. The SMILES string of the molecule is CCC(C)C(NC(=O)C(CO)NC(=O)C(NC(=O)C(N)C(C)C)C(C)CC)C(=O)O. The normalized spacial score (nSPS) is 17.2. The number of carbonyl (C=O) groups is 4. The van der Waals surface area contributed by atoms with Gasteiger partial charge in [0.25, 0.3) is 0 Å². The molecule has 6 unspecified atom stereocenters. The summed E-state index contributed by atoms with van der Waals surface area (Å²) in [6.45, 7) is 9.92. The first-order valence-electron chi connectivity index (χ1n) is 10.4. The summed E-state index contributed by atoms with van der Waals surface area (Å²) in [5.74, 6) is -3.89. The summed E-state index contributed by atoms with van der Waals surface area (Å²) >= 11 is 0. The van der Waals surface area contributed by atoms with Crippen LogP contribution in [0, 0.1) is 17.8 Å². The molecule has 0 rings (SSSR count). The molecule has 6 atom stereocenters. The molecule has 0 aliphatic carbocycles. The van der Waals surface area contributed by atoms with Crippen molar-refractivity contribution in [2.24, 2.45) is 23.5 Å². The summed E-state index contributed by atoms with van der Waals surface area (Å²) in [5.41, 5.74) is 5.85. The Labute approximate surface area is 178 Å². The Morgan fingerprint density at radius 3 is 1.67 bits per heavy atom. The lowest BCUT2D eigenvalue weighted by atomic mass is 9.96. The summed E-state index contributed by atoms with van der Waals surface area (Å²) in [6.07, 6.45) is 1.09. The lowest BCUT2D eigenvalue weighted by Crippen LogP contribution is -2.60. The van der Waals surface area contributed by atoms with E-state index in [0.717, 1.165) is 0 Å². The number of nitrogens with one attached hydrogen (secondary N) is 3. The highest BCUT2D eigenvalue weighted by atomic mass is 16.4. The molecule has 0 bridgehead atoms. The van der Waals surface area contributed by atoms with Crippen molar-refractivity contribution < 1.29 is 29.4 Å². The van der Waals surface area contributed by atoms with E-state index in [9.17, 15) is 29.4 Å². The Morgan fingerprint density at radius 2 is 1.27 bits per heavy atom. The first kappa shape index (κ1) is 27.8. The van der Waals surface area contributed by atoms with Crippen molar-refractivity contribution >= 4 is 23.7 Å². The van der Waals surface area contributed by atoms with Crippen molar-refractivity contribution in [2.75, 3.05) is 6.61 Å². The van der Waals surface area contributed by atoms with E-state index in [0.29, 0.717) is 12.8 Å². The molecule has 7 N–H and O–H groups in total. The van der Waals surface area contributed by atoms with Crippen molar-refractivity contribution in [3.05, 3.63) is 0 Å². The summed E-state index contributed by atoms with van der Waals surface area (Å²) in [6, 6.07) is -4.26. The first-order chi connectivity index (χ1) is 13.9. The second-order valence-electron chi connectivity index (χ2n) is 8.10. The number of rotatable bonds is 13. The third-order valence-electron chi connectivity index (χ3n) is 5.41. The molecule has 30 heavy (non-hydrogen) atoms. The quantitative estimate of drug-likeness (QED) is 0.231. The zero-order chi connectivity index (χ0) is 23.6. The van der Waals surface area contributed by atoms with Gasteiger partial charge in [-0.3, -0.25) is 14.4 Å². The Hall–Kier alpha value is -2.20. The first-order valence-corrected chi connectivity index (χ1v) is 10.4. The second-order valence-corrected chi connectivity index (χ2v) is 8.10. The minimum atomic E-state index is -1.36. The van der Waals surface area contributed by atoms with Gasteiger partial charge in [-0.25, -0.2) is 4.79 Å². The molecule has 0 aliphatic rings. The van der Waals surface area contributed by atoms with Crippen LogP contribution in [0.15, 0.2) is 0 Å². The third-order valence-corrected chi connectivity index (χ3v) is 5.41. The molecule has 0 aromatic heterocycles. The van der Waals surface area contributed by atoms with Gasteiger partial charge >= 0.3 is 5.97 Å². The van der Waals surface area contributed by atoms with E-state index in [1.807, 2.05) is 6.92 Å². The predicted octanol–water partition coefficient (Wildman–Crippen LogP) is -0.407. The summed E-state index contributed by atoms with van der Waals surface area (Å²) in [7, 11) is 0. The molecule has 0 aromatic carbocycles. The van der Waals surface area contributed by atoms with Crippen molar-refractivity contribution in [1.82, 2.24) is 16.0 Å². The number of nitrogens with two attached hydrogens (primary N) is 1. The van der Waals surface area contributed by atoms with Gasteiger partial charge in [-0.05, 0) is 17.8 Å². The molecular formula is C20H38N4O6. The molecule has 0 aromatic rings. The maximum atomic E-state index is 12.8. The van der Waals surface area contributed by atoms with E-state index in [1.54, 1.807) is 34.6 Å². The van der Waals surface area contributed by atoms with Crippen LogP contribution in [0.5, 0.6) is 0 Å². The topological polar surface area (TPSA) is 171 Å². The van der Waals surface area contributed by atoms with Gasteiger partial charge in [-0.2, -0.15) is 0 Å². The van der Waals surface area contributed by atoms with Crippen LogP contribution in [0.4, 0.5) is 0 Å². The molecule has 10 nitrogen and oxygen atoms in total. The fourth-order valence-electron chi connectivity index (χ4n) is 2.65. The van der Waals surface area contributed by atoms with Gasteiger partial charge in [0.05, 0.1) is 12.6 Å². The maximum Gasteiger partial charge on any atom is 0.326 e. The zero-order valence-electron chi connectivity index (χ0n) is 18.8. The van der Waals surface area contributed by atoms with Gasteiger partial charge in [0.1, 0.15) is 18.1 Å². The van der Waals surface area contributed by atoms with Crippen LogP contribution in [0.2, 0.25) is 0 Å². The molecular weight excluding hydrogens is 392 g/mol. The summed E-state index contributed by atoms with van der Waals surface area (Å²) in [4.78, 5) is 49.0. The van der Waals surface area contributed by atoms with Gasteiger partial charge in [-0.1, -0.05) is 54.4 Å². The van der Waals surface area contributed by atoms with E-state index in [2.05, 4.69) is 16.0 Å². The average Bonchev–Trinajstić information content (AvgIpc) is 2.71. The maximum absolute atomic E-state index is 12.8. The molecule has 0 heterocycles. The third kappa shape index (κ3) is 8.27. The number of amides is 3. The average molecular weight is 431 g/mol. The van der Waals surface area contributed by atoms with Gasteiger partial charge < -0.3 is 31.9 Å². The van der Waals surface area contributed by atoms with E-state index >= 15 is 0 Å². The van der Waals surface area contributed by atoms with Crippen LogP contribution in [-0.4, -0.2) is 64.7 Å². The van der Waals surface area contributed by atoms with Crippen LogP contribution < -0.4 is 21.7 Å². The summed E-state index contributed by atoms with van der Waals surface area (Å²) in [5, 5.41) is 26.3. The molecule has 0 saturated carbocycles. The predicted molar refractivity (Wildman–Crippen MR) is 112 cm³/mol. The van der Waals surface area contributed by atoms with Crippen molar-refractivity contribution in [1.29, 1.82) is 0 Å². The lowest BCUT2D eigenvalue weighted by molar-refractivity contribution is -0.144. The minimum Gasteiger partial charge on any atom is -0.480 e. The molecule has 0 fully saturated rings. The highest BCUT2D eigenvalue weighted by molar-refractivity contribution is 5.94. The fourth-order valence-corrected chi connectivity index (χ4v) is 2.65. The zero-order valence-corrected chi connectivity index (χ0v) is 18.8. The van der Waals surface area contributed by atoms with E-state index in [-0.39, 0.29) is 17.8 Å². The number of carbonyl (C=O) groups excluding carboxylic acids is 3. The van der Waals surface area contributed by atoms with Crippen LogP contribution in [-0.2, 0) is 19.2 Å². The van der Waals surface area contributed by atoms with E-state index in [1.165, 1.54) is 0 Å². The number of carboxylic acids is 1.